The Bertz CT molecular complexity index is 754. The number of oxime groups is 1. The molecule has 136 valence electrons. The highest BCUT2D eigenvalue weighted by Gasteiger charge is 2.02. The predicted octanol–water partition coefficient (Wildman–Crippen LogP) is 4.04. The molecule has 0 aromatic heterocycles. The molecule has 5 heteroatoms. The number of carbonyl (C=O) groups is 1. The molecular formula is C21H23NO4. The second-order valence-electron chi connectivity index (χ2n) is 5.50. The van der Waals surface area contributed by atoms with Crippen LogP contribution in [0.5, 0.6) is 5.75 Å². The molecule has 0 bridgehead atoms. The first-order chi connectivity index (χ1) is 12.7. The summed E-state index contributed by atoms with van der Waals surface area (Å²) in [5, 5.41) is 4.02. The number of carbonyl (C=O) groups excluding carboxylic acids is 1. The van der Waals surface area contributed by atoms with Gasteiger partial charge < -0.3 is 14.3 Å². The smallest absolute Gasteiger partial charge is 0.330 e. The van der Waals surface area contributed by atoms with Crippen LogP contribution in [0.3, 0.4) is 0 Å². The van der Waals surface area contributed by atoms with Crippen LogP contribution in [-0.4, -0.2) is 25.4 Å². The number of ether oxygens (including phenoxy) is 2. The summed E-state index contributed by atoms with van der Waals surface area (Å²) in [5.74, 6) is 0.285. The molecule has 0 saturated carbocycles. The van der Waals surface area contributed by atoms with Crippen molar-refractivity contribution >= 4 is 12.2 Å². The molecule has 0 aliphatic carbocycles. The Hall–Kier alpha value is -3.08. The number of hydrogen-bond acceptors (Lipinski definition) is 5. The van der Waals surface area contributed by atoms with Gasteiger partial charge in [0, 0.05) is 11.6 Å². The number of rotatable bonds is 9. The number of benzene rings is 2. The molecule has 0 spiro atoms. The summed E-state index contributed by atoms with van der Waals surface area (Å²) in [6.45, 7) is 4.77. The topological polar surface area (TPSA) is 57.1 Å². The lowest BCUT2D eigenvalue weighted by Gasteiger charge is -2.08. The van der Waals surface area contributed by atoms with Crippen LogP contribution < -0.4 is 4.74 Å². The minimum atomic E-state index is -0.379. The fraction of sp³-hybridized carbons (Fsp3) is 0.238. The van der Waals surface area contributed by atoms with Crippen LogP contribution in [-0.2, 0) is 21.0 Å². The first-order valence-corrected chi connectivity index (χ1v) is 8.45. The predicted molar refractivity (Wildman–Crippen MR) is 101 cm³/mol. The van der Waals surface area contributed by atoms with Gasteiger partial charge in [0.05, 0.1) is 12.8 Å². The zero-order valence-corrected chi connectivity index (χ0v) is 15.1. The molecule has 2 aromatic carbocycles. The molecule has 26 heavy (non-hydrogen) atoms. The highest BCUT2D eigenvalue weighted by atomic mass is 16.6. The van der Waals surface area contributed by atoms with Gasteiger partial charge >= 0.3 is 5.97 Å². The van der Waals surface area contributed by atoms with Crippen molar-refractivity contribution in [3.63, 3.8) is 0 Å². The van der Waals surface area contributed by atoms with Gasteiger partial charge in [0.25, 0.3) is 0 Å². The van der Waals surface area contributed by atoms with Gasteiger partial charge in [-0.25, -0.2) is 4.79 Å². The van der Waals surface area contributed by atoms with E-state index >= 15 is 0 Å². The molecule has 0 radical (unpaired) electrons. The fourth-order valence-electron chi connectivity index (χ4n) is 2.15. The van der Waals surface area contributed by atoms with E-state index in [1.165, 1.54) is 6.08 Å². The van der Waals surface area contributed by atoms with Crippen molar-refractivity contribution in [3.05, 3.63) is 77.4 Å². The fourth-order valence-corrected chi connectivity index (χ4v) is 2.15. The lowest BCUT2D eigenvalue weighted by molar-refractivity contribution is -0.137. The van der Waals surface area contributed by atoms with E-state index in [1.54, 1.807) is 19.2 Å². The molecule has 2 rings (SSSR count). The molecule has 2 aromatic rings. The maximum atomic E-state index is 11.3. The summed E-state index contributed by atoms with van der Waals surface area (Å²) in [7, 11) is 0. The van der Waals surface area contributed by atoms with Crippen molar-refractivity contribution in [1.29, 1.82) is 0 Å². The van der Waals surface area contributed by atoms with Gasteiger partial charge in [0.15, 0.2) is 0 Å². The summed E-state index contributed by atoms with van der Waals surface area (Å²) in [5.41, 5.74) is 2.95. The molecule has 0 amide bonds. The van der Waals surface area contributed by atoms with Crippen molar-refractivity contribution < 1.29 is 19.1 Å². The monoisotopic (exact) mass is 353 g/mol. The third kappa shape index (κ3) is 6.81. The van der Waals surface area contributed by atoms with Crippen LogP contribution in [0.4, 0.5) is 0 Å². The van der Waals surface area contributed by atoms with Gasteiger partial charge in [-0.3, -0.25) is 0 Å². The average Bonchev–Trinajstić information content (AvgIpc) is 2.65. The summed E-state index contributed by atoms with van der Waals surface area (Å²) in [6, 6.07) is 15.6. The highest BCUT2D eigenvalue weighted by molar-refractivity contribution is 5.83. The van der Waals surface area contributed by atoms with E-state index in [1.807, 2.05) is 55.5 Å². The van der Waals surface area contributed by atoms with Crippen LogP contribution in [0.15, 0.2) is 65.8 Å². The van der Waals surface area contributed by atoms with Crippen molar-refractivity contribution in [2.45, 2.75) is 20.5 Å². The van der Waals surface area contributed by atoms with Crippen LogP contribution in [0.1, 0.15) is 23.6 Å². The zero-order valence-electron chi connectivity index (χ0n) is 15.1. The minimum Gasteiger partial charge on any atom is -0.489 e. The van der Waals surface area contributed by atoms with E-state index in [4.69, 9.17) is 14.3 Å². The van der Waals surface area contributed by atoms with E-state index < -0.39 is 0 Å². The van der Waals surface area contributed by atoms with E-state index in [0.29, 0.717) is 19.0 Å². The minimum absolute atomic E-state index is 0.258. The van der Waals surface area contributed by atoms with Crippen LogP contribution in [0, 0.1) is 6.92 Å². The molecule has 0 atom stereocenters. The summed E-state index contributed by atoms with van der Waals surface area (Å²) in [6.07, 6.45) is 4.60. The van der Waals surface area contributed by atoms with Crippen molar-refractivity contribution in [2.24, 2.45) is 5.16 Å². The maximum absolute atomic E-state index is 11.3. The van der Waals surface area contributed by atoms with Crippen molar-refractivity contribution in [1.82, 2.24) is 0 Å². The normalized spacial score (nSPS) is 11.0. The van der Waals surface area contributed by atoms with Gasteiger partial charge in [-0.2, -0.15) is 0 Å². The number of nitrogens with zero attached hydrogens (tertiary/aromatic N) is 1. The molecule has 0 aliphatic rings. The van der Waals surface area contributed by atoms with Gasteiger partial charge in [-0.1, -0.05) is 47.1 Å². The Morgan fingerprint density at radius 3 is 2.73 bits per heavy atom. The third-order valence-corrected chi connectivity index (χ3v) is 3.38. The molecule has 0 saturated heterocycles. The zero-order chi connectivity index (χ0) is 18.6. The Kier molecular flexibility index (Phi) is 7.93. The Morgan fingerprint density at radius 1 is 1.15 bits per heavy atom. The van der Waals surface area contributed by atoms with E-state index in [2.05, 4.69) is 5.16 Å². The molecular weight excluding hydrogens is 330 g/mol. The van der Waals surface area contributed by atoms with E-state index in [9.17, 15) is 4.79 Å². The van der Waals surface area contributed by atoms with Gasteiger partial charge in [-0.15, -0.1) is 0 Å². The van der Waals surface area contributed by atoms with Gasteiger partial charge in [-0.05, 0) is 37.6 Å². The number of esters is 1. The second kappa shape index (κ2) is 10.7. The van der Waals surface area contributed by atoms with E-state index in [-0.39, 0.29) is 12.6 Å². The Labute approximate surface area is 153 Å². The number of hydrogen-bond donors (Lipinski definition) is 0. The molecule has 0 fully saturated rings. The Balaban J connectivity index is 1.91. The van der Waals surface area contributed by atoms with Gasteiger partial charge in [0.2, 0.25) is 0 Å². The van der Waals surface area contributed by atoms with E-state index in [0.717, 1.165) is 16.7 Å². The van der Waals surface area contributed by atoms with Crippen molar-refractivity contribution in [3.8, 4) is 5.75 Å². The molecule has 0 aliphatic heterocycles. The standard InChI is InChI=1S/C21H23NO4/c1-3-24-21(23)10-7-13-25-20-12-11-17(2)14-19(20)15-22-26-16-18-8-5-4-6-9-18/h4-12,14-15H,3,13,16H2,1-2H3/b10-7+,22-15+. The summed E-state index contributed by atoms with van der Waals surface area (Å²) < 4.78 is 10.5. The molecule has 0 unspecified atom stereocenters. The SMILES string of the molecule is CCOC(=O)/C=C/COc1ccc(C)cc1/C=N/OCc1ccccc1. The highest BCUT2D eigenvalue weighted by Crippen LogP contribution is 2.18. The molecule has 0 heterocycles. The van der Waals surface area contributed by atoms with Crippen LogP contribution in [0.2, 0.25) is 0 Å². The van der Waals surface area contributed by atoms with Gasteiger partial charge in [0.1, 0.15) is 19.0 Å². The summed E-state index contributed by atoms with van der Waals surface area (Å²) >= 11 is 0. The quantitative estimate of drug-likeness (QED) is 0.295. The van der Waals surface area contributed by atoms with Crippen molar-refractivity contribution in [2.75, 3.05) is 13.2 Å². The average molecular weight is 353 g/mol. The molecule has 0 N–H and O–H groups in total. The second-order valence-corrected chi connectivity index (χ2v) is 5.50. The Morgan fingerprint density at radius 2 is 1.96 bits per heavy atom. The lowest BCUT2D eigenvalue weighted by atomic mass is 10.1. The van der Waals surface area contributed by atoms with Crippen LogP contribution in [0.25, 0.3) is 0 Å². The maximum Gasteiger partial charge on any atom is 0.330 e. The lowest BCUT2D eigenvalue weighted by Crippen LogP contribution is -2.02. The summed E-state index contributed by atoms with van der Waals surface area (Å²) in [4.78, 5) is 16.6. The first-order valence-electron chi connectivity index (χ1n) is 8.45. The first kappa shape index (κ1) is 19.2. The largest absolute Gasteiger partial charge is 0.489 e. The molecule has 5 nitrogen and oxygen atoms in total. The third-order valence-electron chi connectivity index (χ3n) is 3.38. The number of aryl methyl sites for hydroxylation is 1. The van der Waals surface area contributed by atoms with Crippen LogP contribution >= 0.6 is 0 Å².